The highest BCUT2D eigenvalue weighted by molar-refractivity contribution is 6.23. The summed E-state index contributed by atoms with van der Waals surface area (Å²) in [5.41, 5.74) is 3.39. The van der Waals surface area contributed by atoms with Gasteiger partial charge in [-0.2, -0.15) is 5.26 Å². The first-order valence-corrected chi connectivity index (χ1v) is 11.6. The number of nitriles is 1. The molecule has 5 nitrogen and oxygen atoms in total. The van der Waals surface area contributed by atoms with Crippen LogP contribution >= 0.6 is 0 Å². The number of fused-ring (bicyclic) bond motifs is 1. The minimum atomic E-state index is -0.568. The molecule has 5 unspecified atom stereocenters. The van der Waals surface area contributed by atoms with E-state index in [1.54, 1.807) is 12.1 Å². The van der Waals surface area contributed by atoms with Crippen LogP contribution in [0.5, 0.6) is 0 Å². The zero-order valence-corrected chi connectivity index (χ0v) is 18.5. The Balaban J connectivity index is 1.50. The second-order valence-electron chi connectivity index (χ2n) is 9.17. The quantitative estimate of drug-likeness (QED) is 0.555. The van der Waals surface area contributed by atoms with Crippen molar-refractivity contribution in [1.82, 2.24) is 4.90 Å². The number of para-hydroxylation sites is 1. The van der Waals surface area contributed by atoms with E-state index in [9.17, 15) is 14.9 Å². The summed E-state index contributed by atoms with van der Waals surface area (Å²) >= 11 is 0. The first-order chi connectivity index (χ1) is 16.7. The Kier molecular flexibility index (Phi) is 4.90. The molecule has 3 aromatic carbocycles. The molecule has 0 spiro atoms. The van der Waals surface area contributed by atoms with E-state index < -0.39 is 17.9 Å². The van der Waals surface area contributed by atoms with Crippen molar-refractivity contribution in [3.8, 4) is 6.07 Å². The maximum absolute atomic E-state index is 13.8. The van der Waals surface area contributed by atoms with Gasteiger partial charge in [-0.3, -0.25) is 14.5 Å². The van der Waals surface area contributed by atoms with Crippen LogP contribution in [-0.4, -0.2) is 22.8 Å². The Morgan fingerprint density at radius 1 is 0.735 bits per heavy atom. The number of anilines is 1. The van der Waals surface area contributed by atoms with Gasteiger partial charge in [-0.15, -0.1) is 0 Å². The first-order valence-electron chi connectivity index (χ1n) is 11.6. The summed E-state index contributed by atoms with van der Waals surface area (Å²) in [6, 6.07) is 31.2. The molecule has 0 aromatic heterocycles. The molecule has 166 valence electrons. The smallest absolute Gasteiger partial charge is 0.239 e. The van der Waals surface area contributed by atoms with Gasteiger partial charge in [-0.25, -0.2) is 4.90 Å². The zero-order chi connectivity index (χ0) is 23.2. The largest absolute Gasteiger partial charge is 0.283 e. The van der Waals surface area contributed by atoms with Gasteiger partial charge in [0.25, 0.3) is 0 Å². The monoisotopic (exact) mass is 445 g/mol. The third-order valence-electron chi connectivity index (χ3n) is 7.42. The van der Waals surface area contributed by atoms with E-state index >= 15 is 0 Å². The second kappa shape index (κ2) is 8.09. The topological polar surface area (TPSA) is 64.4 Å². The molecule has 1 aliphatic carbocycles. The maximum atomic E-state index is 13.8. The summed E-state index contributed by atoms with van der Waals surface area (Å²) in [7, 11) is 0. The standard InChI is InChI=1S/C29H23N3O2/c30-17-21-16-23-24-25(29(34)32(28(24)33)22-14-8-3-9-15-22)27(21)31(18-19-10-4-1-5-11-19)26(23)20-12-6-2-7-13-20/h1-16,23-27H,18H2. The van der Waals surface area contributed by atoms with Crippen molar-refractivity contribution in [2.24, 2.45) is 17.8 Å². The number of benzene rings is 3. The van der Waals surface area contributed by atoms with Crippen LogP contribution in [0.3, 0.4) is 0 Å². The Morgan fingerprint density at radius 2 is 1.32 bits per heavy atom. The number of carbonyl (C=O) groups is 2. The minimum absolute atomic E-state index is 0.0998. The van der Waals surface area contributed by atoms with E-state index in [1.165, 1.54) is 4.90 Å². The molecule has 5 heteroatoms. The highest BCUT2D eigenvalue weighted by Crippen LogP contribution is 2.56. The molecule has 3 aromatic rings. The van der Waals surface area contributed by atoms with E-state index in [0.717, 1.165) is 11.1 Å². The second-order valence-corrected chi connectivity index (χ2v) is 9.17. The maximum Gasteiger partial charge on any atom is 0.239 e. The van der Waals surface area contributed by atoms with Gasteiger partial charge in [-0.1, -0.05) is 84.9 Å². The van der Waals surface area contributed by atoms with Crippen molar-refractivity contribution in [3.63, 3.8) is 0 Å². The number of piperidine rings is 1. The highest BCUT2D eigenvalue weighted by Gasteiger charge is 2.64. The van der Waals surface area contributed by atoms with Gasteiger partial charge in [0.15, 0.2) is 0 Å². The van der Waals surface area contributed by atoms with Crippen LogP contribution < -0.4 is 4.90 Å². The summed E-state index contributed by atoms with van der Waals surface area (Å²) in [6.45, 7) is 0.594. The Morgan fingerprint density at radius 3 is 1.97 bits per heavy atom. The summed E-state index contributed by atoms with van der Waals surface area (Å²) in [6.07, 6.45) is 1.96. The third kappa shape index (κ3) is 3.03. The molecule has 5 atom stereocenters. The SMILES string of the molecule is N#CC1=CC2C3C(=O)N(c4ccccc4)C(=O)C3C1N(Cc1ccccc1)C2c1ccccc1. The van der Waals surface area contributed by atoms with Gasteiger partial charge in [0.05, 0.1) is 29.6 Å². The molecule has 2 fully saturated rings. The highest BCUT2D eigenvalue weighted by atomic mass is 16.2. The van der Waals surface area contributed by atoms with Gasteiger partial charge < -0.3 is 0 Å². The van der Waals surface area contributed by atoms with Crippen molar-refractivity contribution in [3.05, 3.63) is 114 Å². The molecule has 4 aliphatic rings. The average Bonchev–Trinajstić information content (AvgIpc) is 3.16. The van der Waals surface area contributed by atoms with Crippen LogP contribution in [0.15, 0.2) is 103 Å². The lowest BCUT2D eigenvalue weighted by Gasteiger charge is -2.53. The molecule has 2 bridgehead atoms. The number of rotatable bonds is 4. The van der Waals surface area contributed by atoms with Crippen molar-refractivity contribution >= 4 is 17.5 Å². The predicted octanol–water partition coefficient (Wildman–Crippen LogP) is 4.50. The first kappa shape index (κ1) is 20.6. The number of hydrogen-bond donors (Lipinski definition) is 0. The van der Waals surface area contributed by atoms with Gasteiger partial charge in [-0.05, 0) is 23.3 Å². The molecule has 0 N–H and O–H groups in total. The average molecular weight is 446 g/mol. The normalized spacial score (nSPS) is 27.9. The van der Waals surface area contributed by atoms with Crippen LogP contribution in [0.4, 0.5) is 5.69 Å². The van der Waals surface area contributed by atoms with Gasteiger partial charge in [0.1, 0.15) is 0 Å². The Bertz CT molecular complexity index is 1310. The molecule has 3 heterocycles. The van der Waals surface area contributed by atoms with Crippen molar-refractivity contribution in [1.29, 1.82) is 5.26 Å². The molecule has 3 aliphatic heterocycles. The van der Waals surface area contributed by atoms with Crippen LogP contribution in [0.1, 0.15) is 17.2 Å². The predicted molar refractivity (Wildman–Crippen MR) is 128 cm³/mol. The van der Waals surface area contributed by atoms with Crippen LogP contribution in [0, 0.1) is 29.1 Å². The van der Waals surface area contributed by atoms with E-state index in [0.29, 0.717) is 17.8 Å². The van der Waals surface area contributed by atoms with E-state index in [4.69, 9.17) is 0 Å². The zero-order valence-electron chi connectivity index (χ0n) is 18.5. The van der Waals surface area contributed by atoms with Gasteiger partial charge in [0.2, 0.25) is 11.8 Å². The number of carbonyl (C=O) groups excluding carboxylic acids is 2. The lowest BCUT2D eigenvalue weighted by Crippen LogP contribution is -2.58. The lowest BCUT2D eigenvalue weighted by atomic mass is 9.62. The third-order valence-corrected chi connectivity index (χ3v) is 7.42. The van der Waals surface area contributed by atoms with Crippen LogP contribution in [0.25, 0.3) is 0 Å². The number of hydrogen-bond acceptors (Lipinski definition) is 4. The summed E-state index contributed by atoms with van der Waals surface area (Å²) in [5.74, 6) is -1.68. The molecule has 0 radical (unpaired) electrons. The molecule has 0 saturated carbocycles. The Labute approximate surface area is 198 Å². The molecular formula is C29H23N3O2. The van der Waals surface area contributed by atoms with Crippen LogP contribution in [-0.2, 0) is 16.1 Å². The molecule has 2 saturated heterocycles. The van der Waals surface area contributed by atoms with Gasteiger partial charge >= 0.3 is 0 Å². The van der Waals surface area contributed by atoms with E-state index in [2.05, 4.69) is 35.2 Å². The molecule has 2 amide bonds. The van der Waals surface area contributed by atoms with E-state index in [1.807, 2.05) is 60.7 Å². The summed E-state index contributed by atoms with van der Waals surface area (Å²) < 4.78 is 0. The molecular weight excluding hydrogens is 422 g/mol. The van der Waals surface area contributed by atoms with Crippen molar-refractivity contribution < 1.29 is 9.59 Å². The molecule has 34 heavy (non-hydrogen) atoms. The molecule has 7 rings (SSSR count). The minimum Gasteiger partial charge on any atom is -0.283 e. The summed E-state index contributed by atoms with van der Waals surface area (Å²) in [5, 5.41) is 10.1. The van der Waals surface area contributed by atoms with Gasteiger partial charge in [0, 0.05) is 24.1 Å². The fourth-order valence-corrected chi connectivity index (χ4v) is 6.11. The fraction of sp³-hybridized carbons (Fsp3) is 0.207. The lowest BCUT2D eigenvalue weighted by molar-refractivity contribution is -0.131. The van der Waals surface area contributed by atoms with Crippen molar-refractivity contribution in [2.75, 3.05) is 4.90 Å². The van der Waals surface area contributed by atoms with E-state index in [-0.39, 0.29) is 23.8 Å². The number of amides is 2. The number of imide groups is 1. The Hall–Kier alpha value is -4.01. The fourth-order valence-electron chi connectivity index (χ4n) is 6.11. The van der Waals surface area contributed by atoms with Crippen LogP contribution in [0.2, 0.25) is 0 Å². The van der Waals surface area contributed by atoms with Crippen molar-refractivity contribution in [2.45, 2.75) is 18.6 Å². The number of nitrogens with zero attached hydrogens (tertiary/aromatic N) is 3. The summed E-state index contributed by atoms with van der Waals surface area (Å²) in [4.78, 5) is 31.2.